The van der Waals surface area contributed by atoms with Gasteiger partial charge in [-0.2, -0.15) is 0 Å². The molecule has 0 aromatic rings. The lowest BCUT2D eigenvalue weighted by Crippen LogP contribution is -3.15. The summed E-state index contributed by atoms with van der Waals surface area (Å²) in [6, 6.07) is 1.55. The van der Waals surface area contributed by atoms with E-state index in [4.69, 9.17) is 9.05 Å². The minimum Gasteiger partial charge on any atom is -0.328 e. The summed E-state index contributed by atoms with van der Waals surface area (Å²) >= 11 is 0. The largest absolute Gasteiger partial charge is 0.472 e. The first-order chi connectivity index (χ1) is 14.6. The van der Waals surface area contributed by atoms with Crippen LogP contribution in [0, 0.1) is 0 Å². The number of quaternary nitrogens is 1. The summed E-state index contributed by atoms with van der Waals surface area (Å²) in [5.74, 6) is 0. The molecule has 5 nitrogen and oxygen atoms in total. The molecule has 2 N–H and O–H groups in total. The van der Waals surface area contributed by atoms with Gasteiger partial charge in [-0.1, -0.05) is 90.4 Å². The second-order valence-corrected chi connectivity index (χ2v) is 11.1. The van der Waals surface area contributed by atoms with Gasteiger partial charge in [-0.15, -0.1) is 0 Å². The molecule has 0 radical (unpaired) electrons. The number of hydrogen-bond acceptors (Lipinski definition) is 3. The van der Waals surface area contributed by atoms with Gasteiger partial charge in [0, 0.05) is 25.7 Å². The molecule has 2 rings (SSSR count). The highest BCUT2D eigenvalue weighted by Gasteiger charge is 2.43. The summed E-state index contributed by atoms with van der Waals surface area (Å²) in [4.78, 5) is 11.4. The van der Waals surface area contributed by atoms with Crippen molar-refractivity contribution in [2.75, 3.05) is 19.8 Å². The third-order valence-corrected chi connectivity index (χ3v) is 7.62. The average Bonchev–Trinajstić information content (AvgIpc) is 3.62. The van der Waals surface area contributed by atoms with Gasteiger partial charge in [-0.25, -0.2) is 4.57 Å². The van der Waals surface area contributed by atoms with Crippen LogP contribution in [-0.4, -0.2) is 36.7 Å². The van der Waals surface area contributed by atoms with Gasteiger partial charge < -0.3 is 9.79 Å². The summed E-state index contributed by atoms with van der Waals surface area (Å²) in [6.07, 6.45) is 23.4. The second-order valence-electron chi connectivity index (χ2n) is 9.60. The monoisotopic (exact) mass is 446 g/mol. The van der Waals surface area contributed by atoms with Crippen LogP contribution in [-0.2, 0) is 13.6 Å². The highest BCUT2D eigenvalue weighted by Crippen LogP contribution is 2.43. The van der Waals surface area contributed by atoms with Crippen LogP contribution in [0.4, 0.5) is 0 Å². The lowest BCUT2D eigenvalue weighted by atomic mass is 10.0. The van der Waals surface area contributed by atoms with Crippen LogP contribution < -0.4 is 4.90 Å². The molecule has 2 fully saturated rings. The summed E-state index contributed by atoms with van der Waals surface area (Å²) in [7, 11) is -3.87. The Bertz CT molecular complexity index is 456. The van der Waals surface area contributed by atoms with Crippen LogP contribution in [0.15, 0.2) is 0 Å². The summed E-state index contributed by atoms with van der Waals surface area (Å²) in [5, 5.41) is 0. The molecule has 0 saturated heterocycles. The number of phosphoric ester groups is 1. The zero-order chi connectivity index (χ0) is 21.5. The Balaban J connectivity index is 1.31. The van der Waals surface area contributed by atoms with Crippen molar-refractivity contribution in [3.05, 3.63) is 0 Å². The van der Waals surface area contributed by atoms with E-state index < -0.39 is 7.82 Å². The van der Waals surface area contributed by atoms with Crippen LogP contribution in [0.25, 0.3) is 0 Å². The Hall–Kier alpha value is 0.0700. The highest BCUT2D eigenvalue weighted by molar-refractivity contribution is 7.47. The highest BCUT2D eigenvalue weighted by atomic mass is 31.2. The first kappa shape index (κ1) is 26.3. The molecule has 0 amide bonds. The van der Waals surface area contributed by atoms with Gasteiger partial charge >= 0.3 is 7.82 Å². The smallest absolute Gasteiger partial charge is 0.328 e. The molecule has 2 saturated carbocycles. The van der Waals surface area contributed by atoms with Crippen molar-refractivity contribution in [2.24, 2.45) is 0 Å². The van der Waals surface area contributed by atoms with Crippen LogP contribution in [0.2, 0.25) is 0 Å². The topological polar surface area (TPSA) is 60.2 Å². The van der Waals surface area contributed by atoms with E-state index in [2.05, 4.69) is 6.92 Å². The van der Waals surface area contributed by atoms with Gasteiger partial charge in [0.05, 0.1) is 18.7 Å². The molecular formula is C24H49NO4P+. The van der Waals surface area contributed by atoms with Crippen LogP contribution >= 0.6 is 7.82 Å². The molecule has 2 aliphatic carbocycles. The molecule has 0 aliphatic heterocycles. The van der Waals surface area contributed by atoms with Gasteiger partial charge in [0.15, 0.2) is 0 Å². The predicted octanol–water partition coefficient (Wildman–Crippen LogP) is 5.81. The molecule has 2 aliphatic rings. The molecule has 0 spiro atoms. The normalized spacial score (nSPS) is 18.8. The summed E-state index contributed by atoms with van der Waals surface area (Å²) in [6.45, 7) is 3.76. The van der Waals surface area contributed by atoms with E-state index in [0.29, 0.717) is 13.2 Å². The Morgan fingerprint density at radius 1 is 0.700 bits per heavy atom. The molecule has 30 heavy (non-hydrogen) atoms. The van der Waals surface area contributed by atoms with Gasteiger partial charge in [0.2, 0.25) is 0 Å². The van der Waals surface area contributed by atoms with E-state index in [1.807, 2.05) is 0 Å². The Morgan fingerprint density at radius 2 is 1.10 bits per heavy atom. The van der Waals surface area contributed by atoms with Crippen molar-refractivity contribution in [2.45, 2.75) is 135 Å². The maximum absolute atomic E-state index is 12.0. The first-order valence-corrected chi connectivity index (χ1v) is 14.6. The minimum absolute atomic E-state index is 0.327. The third-order valence-electron chi connectivity index (χ3n) is 6.60. The molecular weight excluding hydrogens is 397 g/mol. The zero-order valence-corrected chi connectivity index (χ0v) is 20.5. The lowest BCUT2D eigenvalue weighted by molar-refractivity contribution is -0.922. The van der Waals surface area contributed by atoms with Crippen molar-refractivity contribution in [3.8, 4) is 0 Å². The number of nitrogens with one attached hydrogen (secondary N) is 1. The predicted molar refractivity (Wildman–Crippen MR) is 124 cm³/mol. The van der Waals surface area contributed by atoms with Gasteiger partial charge in [0.1, 0.15) is 13.2 Å². The first-order valence-electron chi connectivity index (χ1n) is 13.1. The van der Waals surface area contributed by atoms with Crippen LogP contribution in [0.1, 0.15) is 122 Å². The zero-order valence-electron chi connectivity index (χ0n) is 19.6. The second kappa shape index (κ2) is 15.8. The third kappa shape index (κ3) is 13.5. The number of rotatable bonds is 22. The van der Waals surface area contributed by atoms with E-state index in [-0.39, 0.29) is 0 Å². The van der Waals surface area contributed by atoms with Gasteiger partial charge in [0.25, 0.3) is 0 Å². The van der Waals surface area contributed by atoms with Crippen molar-refractivity contribution in [1.82, 2.24) is 0 Å². The van der Waals surface area contributed by atoms with Crippen LogP contribution in [0.5, 0.6) is 0 Å². The standard InChI is InChI=1S/C24H48NO4P/c1-2-3-4-5-6-7-8-9-10-11-12-13-14-15-21-28-30(26,27)29-22-20-25(23-16-17-23)24-18-19-24/h23-24H,2-22H2,1H3,(H,26,27)/p+1. The quantitative estimate of drug-likeness (QED) is 0.163. The van der Waals surface area contributed by atoms with Crippen LogP contribution in [0.3, 0.4) is 0 Å². The fourth-order valence-corrected chi connectivity index (χ4v) is 5.20. The molecule has 0 aromatic heterocycles. The Labute approximate surface area is 185 Å². The van der Waals surface area contributed by atoms with Gasteiger partial charge in [-0.05, 0) is 6.42 Å². The summed E-state index contributed by atoms with van der Waals surface area (Å²) in [5.41, 5.74) is 0. The minimum atomic E-state index is -3.87. The van der Waals surface area contributed by atoms with Crippen molar-refractivity contribution in [1.29, 1.82) is 0 Å². The summed E-state index contributed by atoms with van der Waals surface area (Å²) < 4.78 is 22.4. The molecule has 6 heteroatoms. The maximum Gasteiger partial charge on any atom is 0.472 e. The number of phosphoric acid groups is 1. The van der Waals surface area contributed by atoms with Crippen molar-refractivity contribution >= 4 is 7.82 Å². The molecule has 0 aromatic carbocycles. The lowest BCUT2D eigenvalue weighted by Gasteiger charge is -2.19. The number of unbranched alkanes of at least 4 members (excludes halogenated alkanes) is 13. The number of hydrogen-bond donors (Lipinski definition) is 2. The Morgan fingerprint density at radius 3 is 1.53 bits per heavy atom. The van der Waals surface area contributed by atoms with E-state index in [1.165, 1.54) is 103 Å². The van der Waals surface area contributed by atoms with Crippen molar-refractivity contribution < 1.29 is 23.4 Å². The maximum atomic E-state index is 12.0. The molecule has 0 bridgehead atoms. The Kier molecular flexibility index (Phi) is 13.9. The SMILES string of the molecule is CCCCCCCCCCCCCCCCOP(=O)(O)OCC[NH+](C1CC1)C1CC1. The molecule has 178 valence electrons. The van der Waals surface area contributed by atoms with E-state index >= 15 is 0 Å². The molecule has 1 atom stereocenters. The fraction of sp³-hybridized carbons (Fsp3) is 1.00. The molecule has 1 unspecified atom stereocenters. The van der Waals surface area contributed by atoms with E-state index in [1.54, 1.807) is 4.90 Å². The average molecular weight is 447 g/mol. The van der Waals surface area contributed by atoms with E-state index in [0.717, 1.165) is 31.5 Å². The van der Waals surface area contributed by atoms with Gasteiger partial charge in [-0.3, -0.25) is 9.05 Å². The van der Waals surface area contributed by atoms with Crippen molar-refractivity contribution in [3.63, 3.8) is 0 Å². The van der Waals surface area contributed by atoms with E-state index in [9.17, 15) is 9.46 Å². The fourth-order valence-electron chi connectivity index (χ4n) is 4.44. The molecule has 0 heterocycles.